The van der Waals surface area contributed by atoms with Crippen molar-refractivity contribution in [2.75, 3.05) is 0 Å². The van der Waals surface area contributed by atoms with Crippen LogP contribution >= 0.6 is 11.3 Å². The summed E-state index contributed by atoms with van der Waals surface area (Å²) in [7, 11) is -3.62. The molecule has 0 aromatic carbocycles. The Labute approximate surface area is 113 Å². The molecule has 6 nitrogen and oxygen atoms in total. The van der Waals surface area contributed by atoms with E-state index in [1.54, 1.807) is 6.07 Å². The maximum absolute atomic E-state index is 11.9. The van der Waals surface area contributed by atoms with Crippen molar-refractivity contribution in [3.05, 3.63) is 41.2 Å². The number of carboxylic acid groups (broad SMARTS) is 1. The first-order valence-corrected chi connectivity index (χ1v) is 7.58. The molecule has 0 aliphatic heterocycles. The highest BCUT2D eigenvalue weighted by atomic mass is 32.2. The Morgan fingerprint density at radius 2 is 2.16 bits per heavy atom. The number of furan rings is 1. The van der Waals surface area contributed by atoms with E-state index in [1.807, 2.05) is 0 Å². The van der Waals surface area contributed by atoms with Gasteiger partial charge >= 0.3 is 5.97 Å². The van der Waals surface area contributed by atoms with Crippen LogP contribution in [0.1, 0.15) is 10.4 Å². The van der Waals surface area contributed by atoms with Crippen molar-refractivity contribution in [3.8, 4) is 0 Å². The Hall–Kier alpha value is -1.64. The summed E-state index contributed by atoms with van der Waals surface area (Å²) in [6.45, 7) is 0.130. The molecule has 0 spiro atoms. The summed E-state index contributed by atoms with van der Waals surface area (Å²) in [6, 6.07) is 4.57. The fourth-order valence-corrected chi connectivity index (χ4v) is 3.80. The molecule has 0 aliphatic carbocycles. The molecule has 0 fully saturated rings. The van der Waals surface area contributed by atoms with Crippen LogP contribution in [0, 0.1) is 0 Å². The molecule has 0 unspecified atom stereocenters. The Morgan fingerprint density at radius 3 is 2.79 bits per heavy atom. The SMILES string of the molecule is O=C(O)Cc1ccc(S(=O)(=O)NCc2ccoc2)s1. The average Bonchev–Trinajstić information content (AvgIpc) is 2.96. The second-order valence-electron chi connectivity index (χ2n) is 3.75. The minimum Gasteiger partial charge on any atom is -0.481 e. The topological polar surface area (TPSA) is 96.6 Å². The Balaban J connectivity index is 2.06. The van der Waals surface area contributed by atoms with Crippen LogP contribution in [0.15, 0.2) is 39.4 Å². The second-order valence-corrected chi connectivity index (χ2v) is 6.91. The van der Waals surface area contributed by atoms with Gasteiger partial charge in [0.05, 0.1) is 18.9 Å². The molecular weight excluding hydrogens is 290 g/mol. The van der Waals surface area contributed by atoms with Crippen molar-refractivity contribution in [1.82, 2.24) is 4.72 Å². The van der Waals surface area contributed by atoms with E-state index in [9.17, 15) is 13.2 Å². The first-order valence-electron chi connectivity index (χ1n) is 5.28. The lowest BCUT2D eigenvalue weighted by atomic mass is 10.3. The lowest BCUT2D eigenvalue weighted by Crippen LogP contribution is -2.22. The molecule has 8 heteroatoms. The zero-order valence-electron chi connectivity index (χ0n) is 9.70. The molecule has 2 rings (SSSR count). The van der Waals surface area contributed by atoms with Gasteiger partial charge in [-0.15, -0.1) is 11.3 Å². The second kappa shape index (κ2) is 5.55. The van der Waals surface area contributed by atoms with Gasteiger partial charge in [0.15, 0.2) is 0 Å². The molecule has 2 aromatic rings. The number of aliphatic carboxylic acids is 1. The van der Waals surface area contributed by atoms with E-state index in [2.05, 4.69) is 4.72 Å². The maximum atomic E-state index is 11.9. The highest BCUT2D eigenvalue weighted by Gasteiger charge is 2.17. The van der Waals surface area contributed by atoms with Gasteiger partial charge in [-0.1, -0.05) is 0 Å². The fourth-order valence-electron chi connectivity index (χ4n) is 1.39. The van der Waals surface area contributed by atoms with Gasteiger partial charge in [0.25, 0.3) is 0 Å². The molecule has 0 radical (unpaired) electrons. The molecule has 2 N–H and O–H groups in total. The number of rotatable bonds is 6. The smallest absolute Gasteiger partial charge is 0.308 e. The van der Waals surface area contributed by atoms with E-state index in [-0.39, 0.29) is 17.2 Å². The summed E-state index contributed by atoms with van der Waals surface area (Å²) < 4.78 is 31.3. The molecule has 0 aliphatic rings. The van der Waals surface area contributed by atoms with E-state index < -0.39 is 16.0 Å². The normalized spacial score (nSPS) is 11.6. The van der Waals surface area contributed by atoms with Crippen molar-refractivity contribution < 1.29 is 22.7 Å². The van der Waals surface area contributed by atoms with E-state index in [0.29, 0.717) is 10.4 Å². The van der Waals surface area contributed by atoms with Gasteiger partial charge in [0.2, 0.25) is 10.0 Å². The van der Waals surface area contributed by atoms with Crippen LogP contribution in [0.5, 0.6) is 0 Å². The quantitative estimate of drug-likeness (QED) is 0.841. The standard InChI is InChI=1S/C11H11NO5S2/c13-10(14)5-9-1-2-11(18-9)19(15,16)12-6-8-3-4-17-7-8/h1-4,7,12H,5-6H2,(H,13,14). The third-order valence-electron chi connectivity index (χ3n) is 2.27. The minimum absolute atomic E-state index is 0.104. The number of hydrogen-bond donors (Lipinski definition) is 2. The maximum Gasteiger partial charge on any atom is 0.308 e. The Kier molecular flexibility index (Phi) is 4.03. The van der Waals surface area contributed by atoms with Gasteiger partial charge in [0, 0.05) is 17.0 Å². The number of sulfonamides is 1. The van der Waals surface area contributed by atoms with Gasteiger partial charge in [0.1, 0.15) is 4.21 Å². The number of nitrogens with one attached hydrogen (secondary N) is 1. The molecule has 0 saturated heterocycles. The van der Waals surface area contributed by atoms with Crippen molar-refractivity contribution in [2.45, 2.75) is 17.2 Å². The average molecular weight is 301 g/mol. The highest BCUT2D eigenvalue weighted by molar-refractivity contribution is 7.91. The minimum atomic E-state index is -3.62. The summed E-state index contributed by atoms with van der Waals surface area (Å²) in [5.41, 5.74) is 0.714. The number of carbonyl (C=O) groups is 1. The van der Waals surface area contributed by atoms with Crippen LogP contribution in [-0.2, 0) is 27.8 Å². The van der Waals surface area contributed by atoms with Gasteiger partial charge in [-0.25, -0.2) is 13.1 Å². The molecule has 2 aromatic heterocycles. The fraction of sp³-hybridized carbons (Fsp3) is 0.182. The zero-order chi connectivity index (χ0) is 13.9. The predicted molar refractivity (Wildman–Crippen MR) is 68.4 cm³/mol. The van der Waals surface area contributed by atoms with Crippen molar-refractivity contribution in [2.24, 2.45) is 0 Å². The van der Waals surface area contributed by atoms with Crippen LogP contribution in [0.3, 0.4) is 0 Å². The first-order chi connectivity index (χ1) is 8.97. The predicted octanol–water partition coefficient (Wildman–Crippen LogP) is 1.45. The van der Waals surface area contributed by atoms with E-state index in [4.69, 9.17) is 9.52 Å². The largest absolute Gasteiger partial charge is 0.481 e. The summed E-state index contributed by atoms with van der Waals surface area (Å²) >= 11 is 0.951. The molecule has 0 saturated carbocycles. The van der Waals surface area contributed by atoms with Crippen LogP contribution in [-0.4, -0.2) is 19.5 Å². The third-order valence-corrected chi connectivity index (χ3v) is 5.25. The molecule has 0 atom stereocenters. The van der Waals surface area contributed by atoms with Gasteiger partial charge in [-0.05, 0) is 18.2 Å². The third kappa shape index (κ3) is 3.66. The van der Waals surface area contributed by atoms with E-state index >= 15 is 0 Å². The van der Waals surface area contributed by atoms with Crippen LogP contribution < -0.4 is 4.72 Å². The summed E-state index contributed by atoms with van der Waals surface area (Å²) in [5.74, 6) is -0.989. The van der Waals surface area contributed by atoms with Crippen molar-refractivity contribution in [1.29, 1.82) is 0 Å². The first kappa shape index (κ1) is 13.8. The van der Waals surface area contributed by atoms with Crippen LogP contribution in [0.4, 0.5) is 0 Å². The van der Waals surface area contributed by atoms with Crippen molar-refractivity contribution in [3.63, 3.8) is 0 Å². The van der Waals surface area contributed by atoms with Crippen LogP contribution in [0.25, 0.3) is 0 Å². The molecule has 19 heavy (non-hydrogen) atoms. The lowest BCUT2D eigenvalue weighted by Gasteiger charge is -2.02. The molecule has 2 heterocycles. The number of hydrogen-bond acceptors (Lipinski definition) is 5. The van der Waals surface area contributed by atoms with Crippen LogP contribution in [0.2, 0.25) is 0 Å². The molecule has 0 bridgehead atoms. The molecule has 0 amide bonds. The Bertz CT molecular complexity index is 657. The van der Waals surface area contributed by atoms with Gasteiger partial charge < -0.3 is 9.52 Å². The molecular formula is C11H11NO5S2. The lowest BCUT2D eigenvalue weighted by molar-refractivity contribution is -0.136. The summed E-state index contributed by atoms with van der Waals surface area (Å²) in [5, 5.41) is 8.64. The highest BCUT2D eigenvalue weighted by Crippen LogP contribution is 2.22. The van der Waals surface area contributed by atoms with E-state index in [0.717, 1.165) is 11.3 Å². The molecule has 102 valence electrons. The summed E-state index contributed by atoms with van der Waals surface area (Å²) in [6.07, 6.45) is 2.73. The Morgan fingerprint density at radius 1 is 1.37 bits per heavy atom. The van der Waals surface area contributed by atoms with E-state index in [1.165, 1.54) is 24.7 Å². The monoisotopic (exact) mass is 301 g/mol. The van der Waals surface area contributed by atoms with Gasteiger partial charge in [-0.3, -0.25) is 4.79 Å². The zero-order valence-corrected chi connectivity index (χ0v) is 11.3. The van der Waals surface area contributed by atoms with Crippen molar-refractivity contribution >= 4 is 27.3 Å². The number of thiophene rings is 1. The summed E-state index contributed by atoms with van der Waals surface area (Å²) in [4.78, 5) is 11.0. The van der Waals surface area contributed by atoms with Gasteiger partial charge in [-0.2, -0.15) is 0 Å². The number of carboxylic acids is 1.